The maximum absolute atomic E-state index is 13.5. The maximum atomic E-state index is 13.5. The number of hydrogen-bond acceptors (Lipinski definition) is 3. The highest BCUT2D eigenvalue weighted by atomic mass is 32.2. The molecule has 0 amide bonds. The van der Waals surface area contributed by atoms with E-state index in [1.54, 1.807) is 36.3 Å². The number of nitrogens with zero attached hydrogens (tertiary/aromatic N) is 3. The van der Waals surface area contributed by atoms with E-state index in [1.165, 1.54) is 12.1 Å². The Balaban J connectivity index is 1.98. The van der Waals surface area contributed by atoms with E-state index in [1.807, 2.05) is 30.6 Å². The van der Waals surface area contributed by atoms with Crippen molar-refractivity contribution >= 4 is 11.8 Å². The molecular formula is C21H16FN3S. The van der Waals surface area contributed by atoms with Crippen LogP contribution in [0, 0.1) is 5.82 Å². The van der Waals surface area contributed by atoms with E-state index >= 15 is 0 Å². The average molecular weight is 361 g/mol. The molecule has 0 aliphatic rings. The predicted octanol–water partition coefficient (Wildman–Crippen LogP) is 5.46. The van der Waals surface area contributed by atoms with Gasteiger partial charge in [0, 0.05) is 28.4 Å². The van der Waals surface area contributed by atoms with E-state index in [0.717, 1.165) is 33.1 Å². The maximum Gasteiger partial charge on any atom is 0.123 e. The van der Waals surface area contributed by atoms with E-state index in [-0.39, 0.29) is 5.82 Å². The van der Waals surface area contributed by atoms with Crippen molar-refractivity contribution in [1.29, 1.82) is 0 Å². The third-order valence-corrected chi connectivity index (χ3v) is 4.97. The van der Waals surface area contributed by atoms with Gasteiger partial charge in [-0.3, -0.25) is 9.55 Å². The molecule has 0 saturated heterocycles. The Morgan fingerprint density at radius 1 is 0.885 bits per heavy atom. The fourth-order valence-electron chi connectivity index (χ4n) is 2.96. The Hall–Kier alpha value is -2.92. The van der Waals surface area contributed by atoms with Crippen LogP contribution < -0.4 is 0 Å². The van der Waals surface area contributed by atoms with Crippen molar-refractivity contribution in [3.05, 3.63) is 85.2 Å². The van der Waals surface area contributed by atoms with Crippen LogP contribution in [0.25, 0.3) is 28.2 Å². The summed E-state index contributed by atoms with van der Waals surface area (Å²) in [5, 5.41) is 0. The molecule has 2 aromatic heterocycles. The highest BCUT2D eigenvalue weighted by Crippen LogP contribution is 2.35. The first kappa shape index (κ1) is 16.5. The smallest absolute Gasteiger partial charge is 0.123 e. The second-order valence-electron chi connectivity index (χ2n) is 5.73. The van der Waals surface area contributed by atoms with Crippen LogP contribution in [0.1, 0.15) is 0 Å². The molecule has 128 valence electrons. The lowest BCUT2D eigenvalue weighted by atomic mass is 10.1. The molecule has 2 heterocycles. The SMILES string of the molecule is CSc1ccccc1-n1cnc(-c2ccncc2)c1-c1ccc(F)cc1. The molecule has 26 heavy (non-hydrogen) atoms. The molecule has 0 unspecified atom stereocenters. The quantitative estimate of drug-likeness (QED) is 0.452. The van der Waals surface area contributed by atoms with Gasteiger partial charge in [0.15, 0.2) is 0 Å². The van der Waals surface area contributed by atoms with Gasteiger partial charge in [0.05, 0.1) is 17.1 Å². The monoisotopic (exact) mass is 361 g/mol. The number of hydrogen-bond donors (Lipinski definition) is 0. The van der Waals surface area contributed by atoms with Crippen molar-refractivity contribution in [3.8, 4) is 28.2 Å². The van der Waals surface area contributed by atoms with E-state index in [4.69, 9.17) is 0 Å². The lowest BCUT2D eigenvalue weighted by molar-refractivity contribution is 0.628. The highest BCUT2D eigenvalue weighted by molar-refractivity contribution is 7.98. The zero-order valence-electron chi connectivity index (χ0n) is 14.1. The summed E-state index contributed by atoms with van der Waals surface area (Å²) in [5.74, 6) is -0.255. The van der Waals surface area contributed by atoms with Gasteiger partial charge >= 0.3 is 0 Å². The molecule has 4 rings (SSSR count). The minimum absolute atomic E-state index is 0.255. The molecular weight excluding hydrogens is 345 g/mol. The minimum atomic E-state index is -0.255. The number of pyridine rings is 1. The Morgan fingerprint density at radius 3 is 2.35 bits per heavy atom. The van der Waals surface area contributed by atoms with Crippen molar-refractivity contribution in [2.75, 3.05) is 6.26 Å². The van der Waals surface area contributed by atoms with Crippen LogP contribution in [0.2, 0.25) is 0 Å². The Kier molecular flexibility index (Phi) is 4.54. The van der Waals surface area contributed by atoms with Gasteiger partial charge in [-0.05, 0) is 54.8 Å². The number of halogens is 1. The van der Waals surface area contributed by atoms with Gasteiger partial charge in [-0.1, -0.05) is 12.1 Å². The van der Waals surface area contributed by atoms with Crippen LogP contribution in [0.3, 0.4) is 0 Å². The lowest BCUT2D eigenvalue weighted by Gasteiger charge is -2.13. The lowest BCUT2D eigenvalue weighted by Crippen LogP contribution is -1.98. The second kappa shape index (κ2) is 7.14. The Bertz CT molecular complexity index is 1030. The van der Waals surface area contributed by atoms with E-state index in [0.29, 0.717) is 0 Å². The van der Waals surface area contributed by atoms with Gasteiger partial charge < -0.3 is 0 Å². The highest BCUT2D eigenvalue weighted by Gasteiger charge is 2.17. The van der Waals surface area contributed by atoms with Crippen molar-refractivity contribution < 1.29 is 4.39 Å². The molecule has 3 nitrogen and oxygen atoms in total. The number of thioether (sulfide) groups is 1. The van der Waals surface area contributed by atoms with Gasteiger partial charge in [-0.2, -0.15) is 0 Å². The van der Waals surface area contributed by atoms with Crippen LogP contribution in [-0.2, 0) is 0 Å². The summed E-state index contributed by atoms with van der Waals surface area (Å²) in [4.78, 5) is 9.91. The Morgan fingerprint density at radius 2 is 1.62 bits per heavy atom. The van der Waals surface area contributed by atoms with Gasteiger partial charge in [0.25, 0.3) is 0 Å². The van der Waals surface area contributed by atoms with E-state index in [9.17, 15) is 4.39 Å². The summed E-state index contributed by atoms with van der Waals surface area (Å²) in [6.45, 7) is 0. The molecule has 0 aliphatic carbocycles. The summed E-state index contributed by atoms with van der Waals surface area (Å²) in [7, 11) is 0. The summed E-state index contributed by atoms with van der Waals surface area (Å²) in [6, 6.07) is 18.6. The van der Waals surface area contributed by atoms with Crippen molar-refractivity contribution in [1.82, 2.24) is 14.5 Å². The summed E-state index contributed by atoms with van der Waals surface area (Å²) < 4.78 is 15.5. The molecule has 5 heteroatoms. The van der Waals surface area contributed by atoms with Crippen molar-refractivity contribution in [2.24, 2.45) is 0 Å². The zero-order chi connectivity index (χ0) is 17.9. The number of para-hydroxylation sites is 1. The predicted molar refractivity (Wildman–Crippen MR) is 104 cm³/mol. The number of imidazole rings is 1. The first-order valence-electron chi connectivity index (χ1n) is 8.15. The fourth-order valence-corrected chi connectivity index (χ4v) is 3.55. The van der Waals surface area contributed by atoms with E-state index in [2.05, 4.69) is 32.9 Å². The number of benzene rings is 2. The Labute approximate surface area is 155 Å². The summed E-state index contributed by atoms with van der Waals surface area (Å²) in [6.07, 6.45) is 7.37. The van der Waals surface area contributed by atoms with E-state index < -0.39 is 0 Å². The molecule has 0 spiro atoms. The molecule has 0 fully saturated rings. The molecule has 0 bridgehead atoms. The molecule has 0 radical (unpaired) electrons. The van der Waals surface area contributed by atoms with Crippen LogP contribution in [-0.4, -0.2) is 20.8 Å². The fraction of sp³-hybridized carbons (Fsp3) is 0.0476. The third-order valence-electron chi connectivity index (χ3n) is 4.18. The van der Waals surface area contributed by atoms with Gasteiger partial charge in [-0.15, -0.1) is 11.8 Å². The van der Waals surface area contributed by atoms with Crippen molar-refractivity contribution in [2.45, 2.75) is 4.90 Å². The molecule has 2 aromatic carbocycles. The van der Waals surface area contributed by atoms with Crippen LogP contribution in [0.5, 0.6) is 0 Å². The molecule has 0 saturated carbocycles. The van der Waals surface area contributed by atoms with Crippen LogP contribution in [0.4, 0.5) is 4.39 Å². The normalized spacial score (nSPS) is 10.8. The number of aromatic nitrogens is 3. The van der Waals surface area contributed by atoms with Crippen LogP contribution in [0.15, 0.2) is 84.3 Å². The second-order valence-corrected chi connectivity index (χ2v) is 6.57. The standard InChI is InChI=1S/C21H16FN3S/c1-26-19-5-3-2-4-18(19)25-14-24-20(15-10-12-23-13-11-15)21(25)16-6-8-17(22)9-7-16/h2-14H,1H3. The molecule has 0 aliphatic heterocycles. The van der Waals surface area contributed by atoms with Gasteiger partial charge in [0.2, 0.25) is 0 Å². The molecule has 0 N–H and O–H groups in total. The van der Waals surface area contributed by atoms with Crippen molar-refractivity contribution in [3.63, 3.8) is 0 Å². The summed E-state index contributed by atoms with van der Waals surface area (Å²) in [5.41, 5.74) is 4.70. The first-order chi connectivity index (χ1) is 12.8. The van der Waals surface area contributed by atoms with Gasteiger partial charge in [0.1, 0.15) is 12.1 Å². The van der Waals surface area contributed by atoms with Gasteiger partial charge in [-0.25, -0.2) is 9.37 Å². The largest absolute Gasteiger partial charge is 0.297 e. The minimum Gasteiger partial charge on any atom is -0.297 e. The average Bonchev–Trinajstić information content (AvgIpc) is 3.14. The first-order valence-corrected chi connectivity index (χ1v) is 9.37. The zero-order valence-corrected chi connectivity index (χ0v) is 14.9. The molecule has 4 aromatic rings. The molecule has 0 atom stereocenters. The summed E-state index contributed by atoms with van der Waals surface area (Å²) >= 11 is 1.68. The third kappa shape index (κ3) is 3.02. The topological polar surface area (TPSA) is 30.7 Å². The number of rotatable bonds is 4. The van der Waals surface area contributed by atoms with Crippen LogP contribution >= 0.6 is 11.8 Å².